The van der Waals surface area contributed by atoms with E-state index in [1.54, 1.807) is 13.2 Å². The number of imidazole rings is 1. The summed E-state index contributed by atoms with van der Waals surface area (Å²) in [6.45, 7) is 2.13. The molecule has 0 unspecified atom stereocenters. The fourth-order valence-corrected chi connectivity index (χ4v) is 3.73. The number of phenols is 1. The third-order valence-electron chi connectivity index (χ3n) is 5.63. The Morgan fingerprint density at radius 1 is 1.00 bits per heavy atom. The molecule has 5 rings (SSSR count). The second-order valence-corrected chi connectivity index (χ2v) is 7.73. The average Bonchev–Trinajstić information content (AvgIpc) is 3.15. The predicted molar refractivity (Wildman–Crippen MR) is 127 cm³/mol. The highest BCUT2D eigenvalue weighted by Gasteiger charge is 2.14. The highest BCUT2D eigenvalue weighted by Crippen LogP contribution is 2.35. The highest BCUT2D eigenvalue weighted by atomic mass is 16.5. The number of phenolic OH excluding ortho intramolecular Hbond substituents is 1. The SMILES string of the molecule is COc1cc2c(Nc3ccc(C)c(O)c3)ncnc2cc1OCc1nc2ccccc2n1C. The predicted octanol–water partition coefficient (Wildman–Crippen LogP) is 4.86. The molecule has 8 heteroatoms. The zero-order chi connectivity index (χ0) is 22.9. The smallest absolute Gasteiger partial charge is 0.164 e. The van der Waals surface area contributed by atoms with Gasteiger partial charge in [0.1, 0.15) is 30.3 Å². The van der Waals surface area contributed by atoms with E-state index in [4.69, 9.17) is 9.47 Å². The molecule has 2 N–H and O–H groups in total. The number of aryl methyl sites for hydroxylation is 2. The lowest BCUT2D eigenvalue weighted by Gasteiger charge is -2.14. The lowest BCUT2D eigenvalue weighted by Crippen LogP contribution is -2.05. The van der Waals surface area contributed by atoms with E-state index in [-0.39, 0.29) is 12.4 Å². The summed E-state index contributed by atoms with van der Waals surface area (Å²) in [6.07, 6.45) is 1.49. The molecule has 0 amide bonds. The van der Waals surface area contributed by atoms with E-state index < -0.39 is 0 Å². The minimum atomic E-state index is 0.216. The fourth-order valence-electron chi connectivity index (χ4n) is 3.73. The van der Waals surface area contributed by atoms with Crippen molar-refractivity contribution in [2.75, 3.05) is 12.4 Å². The molecule has 3 aromatic carbocycles. The third kappa shape index (κ3) is 3.87. The molecule has 166 valence electrons. The Morgan fingerprint density at radius 2 is 1.85 bits per heavy atom. The maximum atomic E-state index is 10.0. The van der Waals surface area contributed by atoms with Gasteiger partial charge in [0.15, 0.2) is 11.5 Å². The van der Waals surface area contributed by atoms with Crippen molar-refractivity contribution in [3.05, 3.63) is 72.3 Å². The molecule has 2 heterocycles. The van der Waals surface area contributed by atoms with Gasteiger partial charge in [-0.3, -0.25) is 0 Å². The molecule has 0 saturated carbocycles. The van der Waals surface area contributed by atoms with Crippen LogP contribution >= 0.6 is 0 Å². The van der Waals surface area contributed by atoms with Crippen molar-refractivity contribution in [3.8, 4) is 17.2 Å². The molecule has 0 atom stereocenters. The molecule has 5 aromatic rings. The molecule has 0 radical (unpaired) electrons. The van der Waals surface area contributed by atoms with E-state index in [2.05, 4.69) is 20.3 Å². The Hall–Kier alpha value is -4.33. The summed E-state index contributed by atoms with van der Waals surface area (Å²) in [5.41, 5.74) is 4.20. The van der Waals surface area contributed by atoms with Crippen LogP contribution in [0.1, 0.15) is 11.4 Å². The number of nitrogens with zero attached hydrogens (tertiary/aromatic N) is 4. The van der Waals surface area contributed by atoms with Gasteiger partial charge in [-0.2, -0.15) is 0 Å². The van der Waals surface area contributed by atoms with Crippen LogP contribution in [0.4, 0.5) is 11.5 Å². The molecule has 8 nitrogen and oxygen atoms in total. The number of aromatic nitrogens is 4. The molecule has 0 aliphatic heterocycles. The first-order valence-corrected chi connectivity index (χ1v) is 10.5. The van der Waals surface area contributed by atoms with Crippen LogP contribution in [0.3, 0.4) is 0 Å². The number of aromatic hydroxyl groups is 1. The van der Waals surface area contributed by atoms with Crippen molar-refractivity contribution < 1.29 is 14.6 Å². The summed E-state index contributed by atoms with van der Waals surface area (Å²) >= 11 is 0. The summed E-state index contributed by atoms with van der Waals surface area (Å²) in [6, 6.07) is 17.0. The zero-order valence-electron chi connectivity index (χ0n) is 18.5. The molecular weight excluding hydrogens is 418 g/mol. The fraction of sp³-hybridized carbons (Fsp3) is 0.160. The largest absolute Gasteiger partial charge is 0.508 e. The Kier molecular flexibility index (Phi) is 5.18. The number of nitrogens with one attached hydrogen (secondary N) is 1. The molecule has 0 fully saturated rings. The van der Waals surface area contributed by atoms with Crippen LogP contribution in [-0.4, -0.2) is 31.7 Å². The molecule has 0 aliphatic carbocycles. The van der Waals surface area contributed by atoms with Crippen LogP contribution in [0.25, 0.3) is 21.9 Å². The van der Waals surface area contributed by atoms with Crippen molar-refractivity contribution in [1.29, 1.82) is 0 Å². The van der Waals surface area contributed by atoms with E-state index in [1.807, 2.05) is 67.1 Å². The molecule has 0 bridgehead atoms. The molecule has 0 saturated heterocycles. The van der Waals surface area contributed by atoms with Gasteiger partial charge >= 0.3 is 0 Å². The third-order valence-corrected chi connectivity index (χ3v) is 5.63. The quantitative estimate of drug-likeness (QED) is 0.388. The minimum Gasteiger partial charge on any atom is -0.508 e. The summed E-state index contributed by atoms with van der Waals surface area (Å²) in [4.78, 5) is 13.4. The number of anilines is 2. The molecule has 33 heavy (non-hydrogen) atoms. The van der Waals surface area contributed by atoms with Crippen molar-refractivity contribution in [2.24, 2.45) is 7.05 Å². The van der Waals surface area contributed by atoms with Gasteiger partial charge in [-0.1, -0.05) is 18.2 Å². The summed E-state index contributed by atoms with van der Waals surface area (Å²) in [5, 5.41) is 14.0. The summed E-state index contributed by atoms with van der Waals surface area (Å²) in [5.74, 6) is 2.75. The Morgan fingerprint density at radius 3 is 2.64 bits per heavy atom. The van der Waals surface area contributed by atoms with Gasteiger partial charge in [-0.15, -0.1) is 0 Å². The van der Waals surface area contributed by atoms with Crippen molar-refractivity contribution >= 4 is 33.4 Å². The maximum absolute atomic E-state index is 10.0. The van der Waals surface area contributed by atoms with Crippen molar-refractivity contribution in [2.45, 2.75) is 13.5 Å². The second kappa shape index (κ2) is 8.31. The van der Waals surface area contributed by atoms with E-state index in [9.17, 15) is 5.11 Å². The van der Waals surface area contributed by atoms with E-state index in [0.717, 1.165) is 33.5 Å². The van der Waals surface area contributed by atoms with Crippen molar-refractivity contribution in [3.63, 3.8) is 0 Å². The normalized spacial score (nSPS) is 11.1. The van der Waals surface area contributed by atoms with Gasteiger partial charge < -0.3 is 24.5 Å². The van der Waals surface area contributed by atoms with Crippen LogP contribution in [0.5, 0.6) is 17.2 Å². The first kappa shape index (κ1) is 20.6. The number of benzene rings is 3. The maximum Gasteiger partial charge on any atom is 0.164 e. The number of rotatable bonds is 6. The lowest BCUT2D eigenvalue weighted by atomic mass is 10.2. The van der Waals surface area contributed by atoms with Crippen LogP contribution in [-0.2, 0) is 13.7 Å². The summed E-state index contributed by atoms with van der Waals surface area (Å²) < 4.78 is 13.7. The van der Waals surface area contributed by atoms with Gasteiger partial charge in [0.25, 0.3) is 0 Å². The minimum absolute atomic E-state index is 0.216. The Balaban J connectivity index is 1.46. The van der Waals surface area contributed by atoms with Gasteiger partial charge in [-0.25, -0.2) is 15.0 Å². The molecule has 2 aromatic heterocycles. The van der Waals surface area contributed by atoms with Gasteiger partial charge in [-0.05, 0) is 36.8 Å². The van der Waals surface area contributed by atoms with E-state index in [0.29, 0.717) is 22.8 Å². The number of ether oxygens (including phenoxy) is 2. The van der Waals surface area contributed by atoms with Crippen LogP contribution < -0.4 is 14.8 Å². The topological polar surface area (TPSA) is 94.3 Å². The molecule has 0 spiro atoms. The number of fused-ring (bicyclic) bond motifs is 2. The highest BCUT2D eigenvalue weighted by molar-refractivity contribution is 5.93. The Bertz CT molecular complexity index is 1480. The monoisotopic (exact) mass is 441 g/mol. The zero-order valence-corrected chi connectivity index (χ0v) is 18.5. The van der Waals surface area contributed by atoms with E-state index >= 15 is 0 Å². The second-order valence-electron chi connectivity index (χ2n) is 7.73. The molecular formula is C25H23N5O3. The summed E-state index contributed by atoms with van der Waals surface area (Å²) in [7, 11) is 3.57. The number of methoxy groups -OCH3 is 1. The van der Waals surface area contributed by atoms with Gasteiger partial charge in [0.2, 0.25) is 0 Å². The van der Waals surface area contributed by atoms with Gasteiger partial charge in [0.05, 0.1) is 23.7 Å². The van der Waals surface area contributed by atoms with Crippen LogP contribution in [0.15, 0.2) is 60.9 Å². The number of hydrogen-bond acceptors (Lipinski definition) is 7. The molecule has 0 aliphatic rings. The Labute approximate surface area is 190 Å². The van der Waals surface area contributed by atoms with E-state index in [1.165, 1.54) is 6.33 Å². The standard InChI is InChI=1S/C25H23N5O3/c1-15-8-9-16(10-21(15)31)28-25-17-11-22(32-3)23(12-19(17)26-14-27-25)33-13-24-29-18-6-4-5-7-20(18)30(24)2/h4-12,14,31H,13H2,1-3H3,(H,26,27,28). The first-order chi connectivity index (χ1) is 16.0. The van der Waals surface area contributed by atoms with Crippen LogP contribution in [0, 0.1) is 6.92 Å². The lowest BCUT2D eigenvalue weighted by molar-refractivity contribution is 0.274. The number of para-hydroxylation sites is 2. The van der Waals surface area contributed by atoms with Crippen LogP contribution in [0.2, 0.25) is 0 Å². The first-order valence-electron chi connectivity index (χ1n) is 10.5. The van der Waals surface area contributed by atoms with Gasteiger partial charge in [0, 0.05) is 30.3 Å². The number of hydrogen-bond donors (Lipinski definition) is 2. The average molecular weight is 441 g/mol. The van der Waals surface area contributed by atoms with Crippen molar-refractivity contribution in [1.82, 2.24) is 19.5 Å².